The van der Waals surface area contributed by atoms with Gasteiger partial charge in [-0.25, -0.2) is 0 Å². The number of benzene rings is 1. The van der Waals surface area contributed by atoms with Crippen molar-refractivity contribution < 1.29 is 9.51 Å². The molecule has 0 aliphatic carbocycles. The van der Waals surface area contributed by atoms with Crippen LogP contribution in [0.3, 0.4) is 0 Å². The molecule has 0 amide bonds. The third-order valence-electron chi connectivity index (χ3n) is 2.67. The molecule has 0 unspecified atom stereocenters. The first-order valence-electron chi connectivity index (χ1n) is 4.97. The first-order chi connectivity index (χ1) is 7.75. The van der Waals surface area contributed by atoms with E-state index >= 15 is 0 Å². The Balaban J connectivity index is 0.00000108. The second-order valence-electron chi connectivity index (χ2n) is 3.69. The van der Waals surface area contributed by atoms with Crippen LogP contribution in [0.15, 0.2) is 48.7 Å². The molecule has 3 aromatic rings. The highest BCUT2D eigenvalue weighted by molar-refractivity contribution is 6.31. The minimum atomic E-state index is 0. The molecule has 0 radical (unpaired) electrons. The first-order valence-corrected chi connectivity index (χ1v) is 5.35. The van der Waals surface area contributed by atoms with Crippen molar-refractivity contribution in [3.63, 3.8) is 0 Å². The van der Waals surface area contributed by atoms with Crippen LogP contribution in [0.25, 0.3) is 16.4 Å². The van der Waals surface area contributed by atoms with E-state index in [0.717, 1.165) is 16.4 Å². The Labute approximate surface area is 109 Å². The van der Waals surface area contributed by atoms with Gasteiger partial charge >= 0.3 is 0 Å². The second-order valence-corrected chi connectivity index (χ2v) is 4.12. The molecule has 0 atom stereocenters. The molecule has 0 saturated carbocycles. The molecule has 86 valence electrons. The Kier molecular flexibility index (Phi) is 3.09. The Bertz CT molecular complexity index is 697. The van der Waals surface area contributed by atoms with Gasteiger partial charge in [-0.3, -0.25) is 0 Å². The van der Waals surface area contributed by atoms with Gasteiger partial charge in [0.1, 0.15) is 5.75 Å². The number of aromatic nitrogens is 1. The van der Waals surface area contributed by atoms with Crippen LogP contribution in [0, 0.1) is 0 Å². The normalized spacial score (nSPS) is 10.4. The second kappa shape index (κ2) is 4.40. The summed E-state index contributed by atoms with van der Waals surface area (Å²) in [4.78, 5) is 0. The number of nitrogens with zero attached hydrogens (tertiary/aromatic N) is 1. The maximum absolute atomic E-state index is 9.90. The van der Waals surface area contributed by atoms with Crippen molar-refractivity contribution in [3.8, 4) is 5.75 Å². The zero-order valence-corrected chi connectivity index (χ0v) is 10.4. The van der Waals surface area contributed by atoms with E-state index in [4.69, 9.17) is 11.6 Å². The van der Waals surface area contributed by atoms with Crippen molar-refractivity contribution in [2.75, 3.05) is 0 Å². The van der Waals surface area contributed by atoms with Crippen LogP contribution in [-0.2, 0) is 0 Å². The maximum Gasteiger partial charge on any atom is 0.223 e. The summed E-state index contributed by atoms with van der Waals surface area (Å²) in [5, 5.41) is 11.4. The number of halogens is 2. The van der Waals surface area contributed by atoms with Gasteiger partial charge in [0.05, 0.1) is 11.5 Å². The topological polar surface area (TPSA) is 24.3 Å². The highest BCUT2D eigenvalue weighted by Gasteiger charge is 2.12. The van der Waals surface area contributed by atoms with Crippen LogP contribution < -0.4 is 4.40 Å². The molecule has 0 spiro atoms. The smallest absolute Gasteiger partial charge is 0.223 e. The molecule has 0 saturated heterocycles. The molecular weight excluding hydrogens is 257 g/mol. The standard InChI is InChI=1S/C13H8ClNO.ClH/c14-9-4-5-11-12(7-9)15-6-2-1-3-10(15)8-13(11)16;/h1-8H;1H/p+1. The third-order valence-corrected chi connectivity index (χ3v) is 2.91. The molecule has 2 nitrogen and oxygen atoms in total. The number of hydrogen-bond acceptors (Lipinski definition) is 1. The Morgan fingerprint density at radius 1 is 1.06 bits per heavy atom. The fourth-order valence-corrected chi connectivity index (χ4v) is 2.10. The predicted octanol–water partition coefficient (Wildman–Crippen LogP) is 3.36. The molecule has 2 heterocycles. The van der Waals surface area contributed by atoms with Crippen molar-refractivity contribution >= 4 is 40.4 Å². The van der Waals surface area contributed by atoms with E-state index in [1.165, 1.54) is 0 Å². The summed E-state index contributed by atoms with van der Waals surface area (Å²) in [5.41, 5.74) is 1.85. The lowest BCUT2D eigenvalue weighted by molar-refractivity contribution is -0.481. The van der Waals surface area contributed by atoms with E-state index in [2.05, 4.69) is 0 Å². The average Bonchev–Trinajstić information content (AvgIpc) is 2.29. The predicted molar refractivity (Wildman–Crippen MR) is 71.0 cm³/mol. The number of fused-ring (bicyclic) bond motifs is 3. The van der Waals surface area contributed by atoms with Crippen LogP contribution in [0.2, 0.25) is 5.02 Å². The minimum Gasteiger partial charge on any atom is -0.507 e. The van der Waals surface area contributed by atoms with Crippen molar-refractivity contribution in [1.82, 2.24) is 0 Å². The molecule has 0 fully saturated rings. The summed E-state index contributed by atoms with van der Waals surface area (Å²) in [6, 6.07) is 13.0. The van der Waals surface area contributed by atoms with Crippen LogP contribution in [-0.4, -0.2) is 5.11 Å². The fourth-order valence-electron chi connectivity index (χ4n) is 1.93. The third kappa shape index (κ3) is 1.90. The summed E-state index contributed by atoms with van der Waals surface area (Å²) < 4.78 is 2.00. The highest BCUT2D eigenvalue weighted by atomic mass is 35.5. The van der Waals surface area contributed by atoms with Crippen molar-refractivity contribution in [2.45, 2.75) is 0 Å². The van der Waals surface area contributed by atoms with E-state index < -0.39 is 0 Å². The molecule has 0 aliphatic rings. The molecule has 3 rings (SSSR count). The summed E-state index contributed by atoms with van der Waals surface area (Å²) >= 11 is 5.98. The number of aromatic hydroxyl groups is 1. The summed E-state index contributed by atoms with van der Waals surface area (Å²) in [6.45, 7) is 0. The summed E-state index contributed by atoms with van der Waals surface area (Å²) in [7, 11) is 0. The SMILES string of the molecule is Cl.Oc1cc2cccc[n+]2c2cc(Cl)ccc12. The van der Waals surface area contributed by atoms with E-state index in [1.54, 1.807) is 12.1 Å². The monoisotopic (exact) mass is 266 g/mol. The quantitative estimate of drug-likeness (QED) is 0.490. The van der Waals surface area contributed by atoms with Crippen molar-refractivity contribution in [2.24, 2.45) is 0 Å². The van der Waals surface area contributed by atoms with Gasteiger partial charge in [0.25, 0.3) is 0 Å². The van der Waals surface area contributed by atoms with Gasteiger partial charge in [-0.1, -0.05) is 11.6 Å². The summed E-state index contributed by atoms with van der Waals surface area (Å²) in [5.74, 6) is 0.276. The average molecular weight is 267 g/mol. The van der Waals surface area contributed by atoms with Crippen LogP contribution in [0.1, 0.15) is 0 Å². The van der Waals surface area contributed by atoms with Crippen molar-refractivity contribution in [1.29, 1.82) is 0 Å². The number of hydrogen-bond donors (Lipinski definition) is 1. The lowest BCUT2D eigenvalue weighted by Crippen LogP contribution is -2.21. The molecule has 4 heteroatoms. The van der Waals surface area contributed by atoms with Crippen molar-refractivity contribution in [3.05, 3.63) is 53.7 Å². The van der Waals surface area contributed by atoms with Gasteiger partial charge in [-0.2, -0.15) is 4.40 Å². The van der Waals surface area contributed by atoms with E-state index in [0.29, 0.717) is 5.02 Å². The van der Waals surface area contributed by atoms with E-state index in [-0.39, 0.29) is 18.2 Å². The van der Waals surface area contributed by atoms with Gasteiger partial charge in [-0.05, 0) is 18.2 Å². The lowest BCUT2D eigenvalue weighted by Gasteiger charge is -2.00. The van der Waals surface area contributed by atoms with Gasteiger partial charge in [0, 0.05) is 23.2 Å². The summed E-state index contributed by atoms with van der Waals surface area (Å²) in [6.07, 6.45) is 1.95. The molecule has 0 bridgehead atoms. The minimum absolute atomic E-state index is 0. The maximum atomic E-state index is 9.90. The van der Waals surface area contributed by atoms with Crippen LogP contribution >= 0.6 is 24.0 Å². The molecule has 2 aromatic heterocycles. The molecule has 17 heavy (non-hydrogen) atoms. The molecule has 1 aromatic carbocycles. The van der Waals surface area contributed by atoms with Gasteiger partial charge < -0.3 is 5.11 Å². The Hall–Kier alpha value is -1.51. The zero-order chi connectivity index (χ0) is 11.1. The molecular formula is C13H10Cl2NO+. The van der Waals surface area contributed by atoms with E-state index in [9.17, 15) is 5.11 Å². The number of pyridine rings is 2. The lowest BCUT2D eigenvalue weighted by atomic mass is 10.2. The van der Waals surface area contributed by atoms with Gasteiger partial charge in [0.2, 0.25) is 11.0 Å². The first kappa shape index (κ1) is 12.0. The van der Waals surface area contributed by atoms with Gasteiger partial charge in [-0.15, -0.1) is 12.4 Å². The van der Waals surface area contributed by atoms with Gasteiger partial charge in [0.15, 0.2) is 6.20 Å². The highest BCUT2D eigenvalue weighted by Crippen LogP contribution is 2.25. The Morgan fingerprint density at radius 2 is 1.88 bits per heavy atom. The Morgan fingerprint density at radius 3 is 2.71 bits per heavy atom. The molecule has 1 N–H and O–H groups in total. The largest absolute Gasteiger partial charge is 0.507 e. The molecule has 0 aliphatic heterocycles. The van der Waals surface area contributed by atoms with Crippen LogP contribution in [0.4, 0.5) is 0 Å². The number of rotatable bonds is 0. The fraction of sp³-hybridized carbons (Fsp3) is 0. The van der Waals surface area contributed by atoms with Crippen LogP contribution in [0.5, 0.6) is 5.75 Å². The zero-order valence-electron chi connectivity index (χ0n) is 8.80. The van der Waals surface area contributed by atoms with E-state index in [1.807, 2.05) is 40.9 Å².